The molecule has 0 spiro atoms. The van der Waals surface area contributed by atoms with Crippen LogP contribution < -0.4 is 10.7 Å². The summed E-state index contributed by atoms with van der Waals surface area (Å²) in [5.74, 6) is 0.428. The molecule has 7 nitrogen and oxygen atoms in total. The minimum atomic E-state index is -0.0146. The summed E-state index contributed by atoms with van der Waals surface area (Å²) >= 11 is 1.65. The Morgan fingerprint density at radius 3 is 3.10 bits per heavy atom. The third-order valence-electron chi connectivity index (χ3n) is 3.61. The van der Waals surface area contributed by atoms with Gasteiger partial charge in [0.2, 0.25) is 0 Å². The topological polar surface area (TPSA) is 87.7 Å². The molecule has 3 heterocycles. The van der Waals surface area contributed by atoms with E-state index in [0.29, 0.717) is 5.82 Å². The van der Waals surface area contributed by atoms with E-state index in [4.69, 9.17) is 0 Å². The molecule has 0 atom stereocenters. The summed E-state index contributed by atoms with van der Waals surface area (Å²) in [5.41, 5.74) is 1.18. The maximum atomic E-state index is 12.6. The lowest BCUT2D eigenvalue weighted by atomic mass is 9.97. The number of rotatable bonds is 2. The maximum Gasteiger partial charge on any atom is 0.262 e. The zero-order chi connectivity index (χ0) is 13.5. The Labute approximate surface area is 117 Å². The summed E-state index contributed by atoms with van der Waals surface area (Å²) in [6, 6.07) is 0. The molecule has 102 valence electrons. The Morgan fingerprint density at radius 1 is 1.35 bits per heavy atom. The first kappa shape index (κ1) is 11.7. The van der Waals surface area contributed by atoms with Crippen LogP contribution in [-0.4, -0.2) is 25.1 Å². The smallest absolute Gasteiger partial charge is 0.262 e. The monoisotopic (exact) mass is 287 g/mol. The first-order chi connectivity index (χ1) is 9.83. The lowest BCUT2D eigenvalue weighted by Crippen LogP contribution is -2.22. The van der Waals surface area contributed by atoms with Gasteiger partial charge in [-0.1, -0.05) is 0 Å². The van der Waals surface area contributed by atoms with Crippen molar-refractivity contribution in [3.05, 3.63) is 32.9 Å². The van der Waals surface area contributed by atoms with Gasteiger partial charge in [0.1, 0.15) is 4.83 Å². The van der Waals surface area contributed by atoms with Crippen LogP contribution in [0.3, 0.4) is 0 Å². The average Bonchev–Trinajstić information content (AvgIpc) is 3.09. The van der Waals surface area contributed by atoms with Crippen molar-refractivity contribution in [1.29, 1.82) is 0 Å². The van der Waals surface area contributed by atoms with Crippen molar-refractivity contribution in [3.63, 3.8) is 0 Å². The first-order valence-electron chi connectivity index (χ1n) is 6.50. The molecule has 0 unspecified atom stereocenters. The summed E-state index contributed by atoms with van der Waals surface area (Å²) in [4.78, 5) is 19.2. The molecule has 0 saturated heterocycles. The molecule has 0 aliphatic heterocycles. The molecule has 0 aromatic carbocycles. The highest BCUT2D eigenvalue weighted by atomic mass is 32.1. The second kappa shape index (κ2) is 4.48. The van der Waals surface area contributed by atoms with Gasteiger partial charge in [-0.25, -0.2) is 4.98 Å². The molecule has 0 saturated carbocycles. The van der Waals surface area contributed by atoms with E-state index < -0.39 is 0 Å². The number of hydrogen-bond acceptors (Lipinski definition) is 6. The fraction of sp³-hybridized carbons (Fsp3) is 0.417. The van der Waals surface area contributed by atoms with Gasteiger partial charge in [-0.05, 0) is 31.2 Å². The minimum absolute atomic E-state index is 0.0146. The normalized spacial score (nSPS) is 14.6. The molecule has 1 aliphatic carbocycles. The van der Waals surface area contributed by atoms with Gasteiger partial charge in [0.15, 0.2) is 0 Å². The highest BCUT2D eigenvalue weighted by molar-refractivity contribution is 7.18. The number of thiophene rings is 1. The van der Waals surface area contributed by atoms with Gasteiger partial charge in [0.05, 0.1) is 18.3 Å². The fourth-order valence-corrected chi connectivity index (χ4v) is 3.89. The average molecular weight is 287 g/mol. The van der Waals surface area contributed by atoms with Crippen LogP contribution in [0, 0.1) is 0 Å². The predicted octanol–water partition coefficient (Wildman–Crippen LogP) is 0.527. The van der Waals surface area contributed by atoms with Crippen molar-refractivity contribution in [2.75, 3.05) is 0 Å². The van der Waals surface area contributed by atoms with Crippen LogP contribution in [0.25, 0.3) is 10.2 Å². The van der Waals surface area contributed by atoms with Gasteiger partial charge in [-0.2, -0.15) is 5.21 Å². The molecule has 0 N–H and O–H groups in total. The van der Waals surface area contributed by atoms with Gasteiger partial charge in [0.25, 0.3) is 5.56 Å². The molecule has 0 fully saturated rings. The highest BCUT2D eigenvalue weighted by Gasteiger charge is 2.19. The number of fused-ring (bicyclic) bond motifs is 3. The van der Waals surface area contributed by atoms with Gasteiger partial charge >= 0.3 is 0 Å². The minimum Gasteiger partial charge on any atom is -0.334 e. The Hall–Kier alpha value is -2.09. The first-order valence-corrected chi connectivity index (χ1v) is 7.32. The van der Waals surface area contributed by atoms with E-state index in [1.807, 2.05) is 0 Å². The molecular weight excluding hydrogens is 276 g/mol. The van der Waals surface area contributed by atoms with E-state index in [1.165, 1.54) is 21.4 Å². The maximum absolute atomic E-state index is 12.6. The lowest BCUT2D eigenvalue weighted by Gasteiger charge is -2.10. The zero-order valence-electron chi connectivity index (χ0n) is 10.6. The molecule has 8 heteroatoms. The Morgan fingerprint density at radius 2 is 2.25 bits per heavy atom. The number of tetrazole rings is 1. The molecule has 20 heavy (non-hydrogen) atoms. The van der Waals surface area contributed by atoms with E-state index in [9.17, 15) is 4.79 Å². The number of aromatic nitrogens is 6. The number of aryl methyl sites for hydroxylation is 2. The van der Waals surface area contributed by atoms with Crippen LogP contribution >= 0.6 is 11.3 Å². The molecule has 4 rings (SSSR count). The Kier molecular flexibility index (Phi) is 2.62. The van der Waals surface area contributed by atoms with Crippen molar-refractivity contribution >= 4 is 21.6 Å². The van der Waals surface area contributed by atoms with Gasteiger partial charge < -0.3 is 5.10 Å². The van der Waals surface area contributed by atoms with E-state index in [1.54, 1.807) is 17.7 Å². The van der Waals surface area contributed by atoms with Crippen molar-refractivity contribution < 1.29 is 0 Å². The molecule has 1 aliphatic rings. The molecule has 0 bridgehead atoms. The molecule has 0 amide bonds. The van der Waals surface area contributed by atoms with E-state index in [2.05, 4.69) is 25.6 Å². The van der Waals surface area contributed by atoms with Crippen molar-refractivity contribution in [2.24, 2.45) is 0 Å². The lowest BCUT2D eigenvalue weighted by molar-refractivity contribution is 0.691. The van der Waals surface area contributed by atoms with Crippen molar-refractivity contribution in [2.45, 2.75) is 32.2 Å². The zero-order valence-corrected chi connectivity index (χ0v) is 11.4. The molecule has 0 radical (unpaired) electrons. The van der Waals surface area contributed by atoms with Gasteiger partial charge in [-0.15, -0.1) is 11.3 Å². The molecule has 3 aromatic rings. The SMILES string of the molecule is O=c1c2c3c(sc2ncn1Cc1nnn[n-]1)CCCC3. The van der Waals surface area contributed by atoms with Gasteiger partial charge in [-0.3, -0.25) is 19.7 Å². The molecule has 3 aromatic heterocycles. The van der Waals surface area contributed by atoms with Crippen LogP contribution in [0.15, 0.2) is 11.1 Å². The number of hydrogen-bond donors (Lipinski definition) is 0. The fourth-order valence-electron chi connectivity index (χ4n) is 2.67. The summed E-state index contributed by atoms with van der Waals surface area (Å²) in [5, 5.41) is 15.1. The van der Waals surface area contributed by atoms with Crippen LogP contribution in [-0.2, 0) is 19.4 Å². The van der Waals surface area contributed by atoms with Crippen molar-refractivity contribution in [3.8, 4) is 0 Å². The second-order valence-electron chi connectivity index (χ2n) is 4.86. The summed E-state index contributed by atoms with van der Waals surface area (Å²) in [7, 11) is 0. The second-order valence-corrected chi connectivity index (χ2v) is 5.95. The Bertz CT molecular complexity index is 818. The van der Waals surface area contributed by atoms with Crippen LogP contribution in [0.5, 0.6) is 0 Å². The van der Waals surface area contributed by atoms with E-state index >= 15 is 0 Å². The predicted molar refractivity (Wildman–Crippen MR) is 72.8 cm³/mol. The van der Waals surface area contributed by atoms with E-state index in [0.717, 1.165) is 29.5 Å². The third kappa shape index (κ3) is 1.75. The highest BCUT2D eigenvalue weighted by Crippen LogP contribution is 2.33. The van der Waals surface area contributed by atoms with Crippen LogP contribution in [0.1, 0.15) is 29.1 Å². The Balaban J connectivity index is 1.87. The van der Waals surface area contributed by atoms with Crippen LogP contribution in [0.4, 0.5) is 0 Å². The standard InChI is InChI=1S/C12H11N6OS/c19-12-10-7-3-1-2-4-8(7)20-11(10)13-6-18(12)5-9-14-16-17-15-9/h6H,1-5H2/q-1. The third-order valence-corrected chi connectivity index (χ3v) is 4.81. The quantitative estimate of drug-likeness (QED) is 0.683. The largest absolute Gasteiger partial charge is 0.334 e. The van der Waals surface area contributed by atoms with E-state index in [-0.39, 0.29) is 12.1 Å². The number of nitrogens with zero attached hydrogens (tertiary/aromatic N) is 6. The van der Waals surface area contributed by atoms with Gasteiger partial charge in [0, 0.05) is 10.7 Å². The van der Waals surface area contributed by atoms with Crippen molar-refractivity contribution in [1.82, 2.24) is 30.2 Å². The summed E-state index contributed by atoms with van der Waals surface area (Å²) in [6.45, 7) is 0.263. The summed E-state index contributed by atoms with van der Waals surface area (Å²) < 4.78 is 1.53. The molecular formula is C12H11N6OS-. The summed E-state index contributed by atoms with van der Waals surface area (Å²) in [6.07, 6.45) is 5.95. The van der Waals surface area contributed by atoms with Crippen LogP contribution in [0.2, 0.25) is 0 Å².